The predicted octanol–water partition coefficient (Wildman–Crippen LogP) is 1.13. The highest BCUT2D eigenvalue weighted by Crippen LogP contribution is 2.27. The van der Waals surface area contributed by atoms with Crippen LogP contribution in [-0.4, -0.2) is 45.4 Å². The molecule has 0 aromatic carbocycles. The molecule has 2 heterocycles. The van der Waals surface area contributed by atoms with Gasteiger partial charge in [0.15, 0.2) is 5.69 Å². The van der Waals surface area contributed by atoms with E-state index in [9.17, 15) is 18.0 Å². The number of carbonyl (C=O) groups excluding carboxylic acids is 1. The predicted molar refractivity (Wildman–Crippen MR) is 63.6 cm³/mol. The van der Waals surface area contributed by atoms with E-state index in [0.717, 1.165) is 29.8 Å². The van der Waals surface area contributed by atoms with E-state index in [0.29, 0.717) is 13.1 Å². The zero-order valence-corrected chi connectivity index (χ0v) is 10.8. The molecule has 1 aliphatic rings. The van der Waals surface area contributed by atoms with Gasteiger partial charge >= 0.3 is 6.18 Å². The molecule has 0 unspecified atom stereocenters. The van der Waals surface area contributed by atoms with E-state index in [2.05, 4.69) is 5.10 Å². The molecule has 0 atom stereocenters. The van der Waals surface area contributed by atoms with Gasteiger partial charge in [-0.25, -0.2) is 0 Å². The van der Waals surface area contributed by atoms with Crippen LogP contribution in [0.5, 0.6) is 0 Å². The number of carbonyl (C=O) groups is 1. The Labute approximate surface area is 114 Å². The van der Waals surface area contributed by atoms with Gasteiger partial charge in [0.1, 0.15) is 6.54 Å². The van der Waals surface area contributed by atoms with Gasteiger partial charge < -0.3 is 10.0 Å². The molecule has 1 amide bonds. The third-order valence-electron chi connectivity index (χ3n) is 3.45. The molecule has 0 saturated carbocycles. The van der Waals surface area contributed by atoms with Crippen molar-refractivity contribution in [3.05, 3.63) is 18.0 Å². The number of aliphatic hydroxyl groups is 1. The summed E-state index contributed by atoms with van der Waals surface area (Å²) in [4.78, 5) is 13.5. The van der Waals surface area contributed by atoms with Crippen molar-refractivity contribution in [2.24, 2.45) is 5.92 Å². The van der Waals surface area contributed by atoms with Gasteiger partial charge in [0.2, 0.25) is 5.91 Å². The monoisotopic (exact) mass is 291 g/mol. The maximum Gasteiger partial charge on any atom is 0.435 e. The Morgan fingerprint density at radius 3 is 2.55 bits per heavy atom. The van der Waals surface area contributed by atoms with Crippen molar-refractivity contribution < 1.29 is 23.1 Å². The van der Waals surface area contributed by atoms with Crippen molar-refractivity contribution in [3.8, 4) is 0 Å². The summed E-state index contributed by atoms with van der Waals surface area (Å²) in [5.74, 6) is -0.0428. The van der Waals surface area contributed by atoms with E-state index >= 15 is 0 Å². The summed E-state index contributed by atoms with van der Waals surface area (Å²) >= 11 is 0. The van der Waals surface area contributed by atoms with Crippen LogP contribution in [0.4, 0.5) is 13.2 Å². The van der Waals surface area contributed by atoms with Crippen molar-refractivity contribution in [2.75, 3.05) is 19.7 Å². The van der Waals surface area contributed by atoms with E-state index in [1.807, 2.05) is 0 Å². The summed E-state index contributed by atoms with van der Waals surface area (Å²) in [6.45, 7) is 0.963. The van der Waals surface area contributed by atoms with Gasteiger partial charge in [-0.15, -0.1) is 0 Å². The van der Waals surface area contributed by atoms with Crippen molar-refractivity contribution in [3.63, 3.8) is 0 Å². The standard InChI is InChI=1S/C12H16F3N3O2/c13-12(14,15)10-3-6-18(16-10)7-11(20)17-4-1-9(8-19)2-5-17/h3,6,9,19H,1-2,4-5,7-8H2. The van der Waals surface area contributed by atoms with Crippen molar-refractivity contribution in [1.82, 2.24) is 14.7 Å². The fraction of sp³-hybridized carbons (Fsp3) is 0.667. The topological polar surface area (TPSA) is 58.4 Å². The van der Waals surface area contributed by atoms with Crippen molar-refractivity contribution in [2.45, 2.75) is 25.6 Å². The number of halogens is 3. The largest absolute Gasteiger partial charge is 0.435 e. The zero-order valence-electron chi connectivity index (χ0n) is 10.8. The lowest BCUT2D eigenvalue weighted by atomic mass is 9.98. The Kier molecular flexibility index (Phi) is 4.32. The van der Waals surface area contributed by atoms with Crippen LogP contribution >= 0.6 is 0 Å². The lowest BCUT2D eigenvalue weighted by molar-refractivity contribution is -0.142. The van der Waals surface area contributed by atoms with Crippen LogP contribution in [0.2, 0.25) is 0 Å². The Morgan fingerprint density at radius 1 is 1.40 bits per heavy atom. The molecule has 1 aromatic rings. The molecule has 1 saturated heterocycles. The number of aromatic nitrogens is 2. The second-order valence-corrected chi connectivity index (χ2v) is 4.90. The summed E-state index contributed by atoms with van der Waals surface area (Å²) < 4.78 is 38.1. The molecular formula is C12H16F3N3O2. The molecule has 8 heteroatoms. The Morgan fingerprint density at radius 2 is 2.05 bits per heavy atom. The fourth-order valence-electron chi connectivity index (χ4n) is 2.20. The average molecular weight is 291 g/mol. The van der Waals surface area contributed by atoms with Gasteiger partial charge in [-0.1, -0.05) is 0 Å². The second-order valence-electron chi connectivity index (χ2n) is 4.90. The summed E-state index contributed by atoms with van der Waals surface area (Å²) in [6, 6.07) is 0.852. The van der Waals surface area contributed by atoms with Gasteiger partial charge in [-0.05, 0) is 24.8 Å². The third kappa shape index (κ3) is 3.50. The first-order valence-electron chi connectivity index (χ1n) is 6.39. The number of rotatable bonds is 3. The molecule has 0 spiro atoms. The molecule has 2 rings (SSSR count). The molecule has 20 heavy (non-hydrogen) atoms. The number of alkyl halides is 3. The summed E-state index contributed by atoms with van der Waals surface area (Å²) in [6.07, 6.45) is -1.90. The minimum atomic E-state index is -4.49. The minimum Gasteiger partial charge on any atom is -0.396 e. The van der Waals surface area contributed by atoms with Gasteiger partial charge in [-0.2, -0.15) is 18.3 Å². The number of piperidine rings is 1. The second kappa shape index (κ2) is 5.82. The molecular weight excluding hydrogens is 275 g/mol. The highest BCUT2D eigenvalue weighted by molar-refractivity contribution is 5.76. The van der Waals surface area contributed by atoms with Crippen LogP contribution in [-0.2, 0) is 17.5 Å². The van der Waals surface area contributed by atoms with Gasteiger partial charge in [0.05, 0.1) is 0 Å². The van der Waals surface area contributed by atoms with Gasteiger partial charge in [0.25, 0.3) is 0 Å². The number of hydrogen-bond donors (Lipinski definition) is 1. The Balaban J connectivity index is 1.90. The van der Waals surface area contributed by atoms with Crippen LogP contribution in [0.15, 0.2) is 12.3 Å². The van der Waals surface area contributed by atoms with Crippen LogP contribution in [0.3, 0.4) is 0 Å². The number of hydrogen-bond acceptors (Lipinski definition) is 3. The smallest absolute Gasteiger partial charge is 0.396 e. The molecule has 0 bridgehead atoms. The van der Waals surface area contributed by atoms with E-state index in [4.69, 9.17) is 5.11 Å². The van der Waals surface area contributed by atoms with Crippen molar-refractivity contribution >= 4 is 5.91 Å². The van der Waals surface area contributed by atoms with Crippen LogP contribution in [0.1, 0.15) is 18.5 Å². The Hall–Kier alpha value is -1.57. The summed E-state index contributed by atoms with van der Waals surface area (Å²) in [5, 5.41) is 12.4. The first-order valence-corrected chi connectivity index (χ1v) is 6.39. The molecule has 0 aliphatic carbocycles. The maximum absolute atomic E-state index is 12.4. The maximum atomic E-state index is 12.4. The quantitative estimate of drug-likeness (QED) is 0.908. The molecule has 0 radical (unpaired) electrons. The highest BCUT2D eigenvalue weighted by atomic mass is 19.4. The van der Waals surface area contributed by atoms with E-state index in [-0.39, 0.29) is 25.0 Å². The summed E-state index contributed by atoms with van der Waals surface area (Å²) in [7, 11) is 0. The van der Waals surface area contributed by atoms with Crippen LogP contribution < -0.4 is 0 Å². The Bertz CT molecular complexity index is 465. The van der Waals surface area contributed by atoms with E-state index in [1.165, 1.54) is 0 Å². The molecule has 1 N–H and O–H groups in total. The lowest BCUT2D eigenvalue weighted by Gasteiger charge is -2.31. The van der Waals surface area contributed by atoms with Crippen LogP contribution in [0, 0.1) is 5.92 Å². The fourth-order valence-corrected chi connectivity index (χ4v) is 2.20. The van der Waals surface area contributed by atoms with E-state index in [1.54, 1.807) is 4.90 Å². The van der Waals surface area contributed by atoms with Gasteiger partial charge in [0, 0.05) is 25.9 Å². The number of nitrogens with zero attached hydrogens (tertiary/aromatic N) is 3. The zero-order chi connectivity index (χ0) is 14.8. The first-order chi connectivity index (χ1) is 9.40. The molecule has 5 nitrogen and oxygen atoms in total. The normalized spacial score (nSPS) is 17.5. The molecule has 112 valence electrons. The molecule has 1 fully saturated rings. The van der Waals surface area contributed by atoms with Crippen molar-refractivity contribution in [1.29, 1.82) is 0 Å². The number of aliphatic hydroxyl groups excluding tert-OH is 1. The SMILES string of the molecule is O=C(Cn1ccc(C(F)(F)F)n1)N1CCC(CO)CC1. The highest BCUT2D eigenvalue weighted by Gasteiger charge is 2.33. The number of likely N-dealkylation sites (tertiary alicyclic amines) is 1. The minimum absolute atomic E-state index is 0.107. The molecule has 1 aliphatic heterocycles. The summed E-state index contributed by atoms with van der Waals surface area (Å²) in [5.41, 5.74) is -0.996. The van der Waals surface area contributed by atoms with Gasteiger partial charge in [-0.3, -0.25) is 9.48 Å². The van der Waals surface area contributed by atoms with Crippen LogP contribution in [0.25, 0.3) is 0 Å². The third-order valence-corrected chi connectivity index (χ3v) is 3.45. The van der Waals surface area contributed by atoms with E-state index < -0.39 is 11.9 Å². The first kappa shape index (κ1) is 14.8. The lowest BCUT2D eigenvalue weighted by Crippen LogP contribution is -2.40. The molecule has 1 aromatic heterocycles. The average Bonchev–Trinajstić information content (AvgIpc) is 2.87. The number of amides is 1.